The summed E-state index contributed by atoms with van der Waals surface area (Å²) in [5, 5.41) is 3.74. The molecule has 108 valence electrons. The van der Waals surface area contributed by atoms with Gasteiger partial charge in [-0.3, -0.25) is 4.79 Å². The Morgan fingerprint density at radius 3 is 2.95 bits per heavy atom. The highest BCUT2D eigenvalue weighted by atomic mass is 79.9. The zero-order valence-electron chi connectivity index (χ0n) is 11.4. The third kappa shape index (κ3) is 3.50. The van der Waals surface area contributed by atoms with Crippen LogP contribution in [0.3, 0.4) is 0 Å². The van der Waals surface area contributed by atoms with E-state index in [2.05, 4.69) is 21.2 Å². The van der Waals surface area contributed by atoms with Crippen LogP contribution in [-0.2, 0) is 4.74 Å². The number of nitrogen functional groups attached to an aromatic ring is 1. The van der Waals surface area contributed by atoms with Crippen molar-refractivity contribution in [3.05, 3.63) is 27.5 Å². The lowest BCUT2D eigenvalue weighted by Crippen LogP contribution is -2.27. The second kappa shape index (κ2) is 6.56. The molecule has 20 heavy (non-hydrogen) atoms. The lowest BCUT2D eigenvalue weighted by atomic mass is 10.2. The lowest BCUT2D eigenvalue weighted by Gasteiger charge is -2.08. The lowest BCUT2D eigenvalue weighted by molar-refractivity contribution is 0.0748. The quantitative estimate of drug-likeness (QED) is 0.806. The van der Waals surface area contributed by atoms with Gasteiger partial charge in [0.15, 0.2) is 0 Å². The normalized spacial score (nSPS) is 11.2. The Bertz CT molecular complexity index is 625. The first-order valence-electron chi connectivity index (χ1n) is 6.36. The first kappa shape index (κ1) is 15.3. The molecule has 1 heterocycles. The van der Waals surface area contributed by atoms with Gasteiger partial charge in [-0.2, -0.15) is 0 Å². The van der Waals surface area contributed by atoms with Gasteiger partial charge in [-0.05, 0) is 32.0 Å². The number of amides is 1. The van der Waals surface area contributed by atoms with Crippen LogP contribution in [-0.4, -0.2) is 25.2 Å². The standard InChI is InChI=1S/C14H17BrN2O2S/c1-8(2)19-6-5-17-14(18)13-12(16)10-7-9(15)3-4-11(10)20-13/h3-4,7-8H,5-6,16H2,1-2H3,(H,17,18). The minimum absolute atomic E-state index is 0.146. The molecule has 2 aromatic rings. The summed E-state index contributed by atoms with van der Waals surface area (Å²) in [6.45, 7) is 4.90. The number of carbonyl (C=O) groups is 1. The molecule has 2 rings (SSSR count). The highest BCUT2D eigenvalue weighted by Gasteiger charge is 2.16. The highest BCUT2D eigenvalue weighted by molar-refractivity contribution is 9.10. The van der Waals surface area contributed by atoms with Gasteiger partial charge < -0.3 is 15.8 Å². The fourth-order valence-corrected chi connectivity index (χ4v) is 3.18. The monoisotopic (exact) mass is 356 g/mol. The maximum atomic E-state index is 12.1. The Hall–Kier alpha value is -1.11. The van der Waals surface area contributed by atoms with Crippen LogP contribution in [0.2, 0.25) is 0 Å². The number of thiophene rings is 1. The van der Waals surface area contributed by atoms with E-state index in [1.807, 2.05) is 32.0 Å². The summed E-state index contributed by atoms with van der Waals surface area (Å²) in [7, 11) is 0. The van der Waals surface area contributed by atoms with Crippen LogP contribution in [0, 0.1) is 0 Å². The van der Waals surface area contributed by atoms with Crippen molar-refractivity contribution in [3.8, 4) is 0 Å². The zero-order valence-corrected chi connectivity index (χ0v) is 13.8. The molecule has 0 saturated heterocycles. The summed E-state index contributed by atoms with van der Waals surface area (Å²) < 4.78 is 7.34. The Kier molecular flexibility index (Phi) is 5.01. The Balaban J connectivity index is 2.08. The summed E-state index contributed by atoms with van der Waals surface area (Å²) in [5.41, 5.74) is 6.59. The Labute approximate surface area is 130 Å². The minimum Gasteiger partial charge on any atom is -0.397 e. The third-order valence-corrected chi connectivity index (χ3v) is 4.41. The van der Waals surface area contributed by atoms with Crippen LogP contribution in [0.4, 0.5) is 5.69 Å². The van der Waals surface area contributed by atoms with Gasteiger partial charge in [-0.15, -0.1) is 11.3 Å². The summed E-state index contributed by atoms with van der Waals surface area (Å²) in [4.78, 5) is 12.7. The number of nitrogens with one attached hydrogen (secondary N) is 1. The number of halogens is 1. The van der Waals surface area contributed by atoms with Crippen molar-refractivity contribution in [2.45, 2.75) is 20.0 Å². The molecule has 0 unspecified atom stereocenters. The molecule has 0 spiro atoms. The van der Waals surface area contributed by atoms with Crippen molar-refractivity contribution in [2.24, 2.45) is 0 Å². The maximum Gasteiger partial charge on any atom is 0.263 e. The molecule has 0 aliphatic carbocycles. The van der Waals surface area contributed by atoms with E-state index in [-0.39, 0.29) is 12.0 Å². The molecule has 0 aliphatic heterocycles. The molecule has 0 atom stereocenters. The van der Waals surface area contributed by atoms with E-state index < -0.39 is 0 Å². The number of ether oxygens (including phenoxy) is 1. The molecular formula is C14H17BrN2O2S. The van der Waals surface area contributed by atoms with Gasteiger partial charge in [0.2, 0.25) is 0 Å². The third-order valence-electron chi connectivity index (χ3n) is 2.73. The van der Waals surface area contributed by atoms with E-state index in [0.29, 0.717) is 23.7 Å². The SMILES string of the molecule is CC(C)OCCNC(=O)c1sc2ccc(Br)cc2c1N. The van der Waals surface area contributed by atoms with E-state index >= 15 is 0 Å². The summed E-state index contributed by atoms with van der Waals surface area (Å²) in [6.07, 6.45) is 0.165. The van der Waals surface area contributed by atoms with E-state index in [1.165, 1.54) is 11.3 Å². The molecule has 0 fully saturated rings. The summed E-state index contributed by atoms with van der Waals surface area (Å²) >= 11 is 4.82. The van der Waals surface area contributed by atoms with Crippen molar-refractivity contribution in [1.82, 2.24) is 5.32 Å². The van der Waals surface area contributed by atoms with Gasteiger partial charge in [0.1, 0.15) is 4.88 Å². The van der Waals surface area contributed by atoms with Gasteiger partial charge in [-0.1, -0.05) is 15.9 Å². The molecule has 1 aromatic carbocycles. The van der Waals surface area contributed by atoms with Crippen molar-refractivity contribution in [2.75, 3.05) is 18.9 Å². The molecule has 4 nitrogen and oxygen atoms in total. The number of rotatable bonds is 5. The number of benzene rings is 1. The summed E-state index contributed by atoms with van der Waals surface area (Å²) in [6, 6.07) is 5.83. The highest BCUT2D eigenvalue weighted by Crippen LogP contribution is 2.35. The average Bonchev–Trinajstić information content (AvgIpc) is 2.72. The Morgan fingerprint density at radius 2 is 2.25 bits per heavy atom. The number of hydrogen-bond donors (Lipinski definition) is 2. The fourth-order valence-electron chi connectivity index (χ4n) is 1.80. The van der Waals surface area contributed by atoms with Gasteiger partial charge in [0.25, 0.3) is 5.91 Å². The number of carbonyl (C=O) groups excluding carboxylic acids is 1. The molecule has 3 N–H and O–H groups in total. The molecule has 0 saturated carbocycles. The van der Waals surface area contributed by atoms with E-state index in [9.17, 15) is 4.79 Å². The first-order valence-corrected chi connectivity index (χ1v) is 7.97. The van der Waals surface area contributed by atoms with Crippen molar-refractivity contribution < 1.29 is 9.53 Å². The number of nitrogens with two attached hydrogens (primary N) is 1. The van der Waals surface area contributed by atoms with Crippen LogP contribution < -0.4 is 11.1 Å². The van der Waals surface area contributed by atoms with Gasteiger partial charge >= 0.3 is 0 Å². The van der Waals surface area contributed by atoms with Crippen molar-refractivity contribution >= 4 is 48.9 Å². The molecule has 0 aliphatic rings. The average molecular weight is 357 g/mol. The van der Waals surface area contributed by atoms with E-state index in [1.54, 1.807) is 0 Å². The molecular weight excluding hydrogens is 340 g/mol. The fraction of sp³-hybridized carbons (Fsp3) is 0.357. The Morgan fingerprint density at radius 1 is 1.50 bits per heavy atom. The van der Waals surface area contributed by atoms with Crippen LogP contribution in [0.1, 0.15) is 23.5 Å². The van der Waals surface area contributed by atoms with Crippen LogP contribution >= 0.6 is 27.3 Å². The van der Waals surface area contributed by atoms with Crippen LogP contribution in [0.15, 0.2) is 22.7 Å². The topological polar surface area (TPSA) is 64.3 Å². The van der Waals surface area contributed by atoms with Crippen molar-refractivity contribution in [1.29, 1.82) is 0 Å². The molecule has 0 bridgehead atoms. The van der Waals surface area contributed by atoms with Gasteiger partial charge in [-0.25, -0.2) is 0 Å². The first-order chi connectivity index (χ1) is 9.49. The number of anilines is 1. The number of fused-ring (bicyclic) bond motifs is 1. The van der Waals surface area contributed by atoms with Gasteiger partial charge in [0, 0.05) is 21.1 Å². The second-order valence-corrected chi connectivity index (χ2v) is 6.63. The predicted molar refractivity (Wildman–Crippen MR) is 87.4 cm³/mol. The van der Waals surface area contributed by atoms with Crippen molar-refractivity contribution in [3.63, 3.8) is 0 Å². The predicted octanol–water partition coefficient (Wildman–Crippen LogP) is 3.40. The van der Waals surface area contributed by atoms with E-state index in [4.69, 9.17) is 10.5 Å². The maximum absolute atomic E-state index is 12.1. The van der Waals surface area contributed by atoms with Crippen LogP contribution in [0.5, 0.6) is 0 Å². The molecule has 6 heteroatoms. The smallest absolute Gasteiger partial charge is 0.263 e. The number of hydrogen-bond acceptors (Lipinski definition) is 4. The molecule has 0 radical (unpaired) electrons. The molecule has 1 aromatic heterocycles. The summed E-state index contributed by atoms with van der Waals surface area (Å²) in [5.74, 6) is -0.146. The van der Waals surface area contributed by atoms with E-state index in [0.717, 1.165) is 14.6 Å². The zero-order chi connectivity index (χ0) is 14.7. The largest absolute Gasteiger partial charge is 0.397 e. The van der Waals surface area contributed by atoms with Crippen LogP contribution in [0.25, 0.3) is 10.1 Å². The second-order valence-electron chi connectivity index (χ2n) is 4.66. The molecule has 1 amide bonds. The van der Waals surface area contributed by atoms with Gasteiger partial charge in [0.05, 0.1) is 18.4 Å². The minimum atomic E-state index is -0.146.